The third-order valence-electron chi connectivity index (χ3n) is 5.10. The zero-order valence-corrected chi connectivity index (χ0v) is 18.8. The molecule has 0 unspecified atom stereocenters. The molecule has 0 aromatic carbocycles. The van der Waals surface area contributed by atoms with Gasteiger partial charge in [0.15, 0.2) is 5.96 Å². The molecular formula is C20H35IN4O. The molecule has 0 amide bonds. The van der Waals surface area contributed by atoms with Gasteiger partial charge < -0.3 is 15.4 Å². The lowest BCUT2D eigenvalue weighted by atomic mass is 9.83. The molecule has 1 aromatic rings. The molecule has 6 heteroatoms. The van der Waals surface area contributed by atoms with Crippen molar-refractivity contribution in [1.29, 1.82) is 0 Å². The summed E-state index contributed by atoms with van der Waals surface area (Å²) in [4.78, 5) is 9.24. The Bertz CT molecular complexity index is 527. The minimum Gasteiger partial charge on any atom is -0.385 e. The number of methoxy groups -OCH3 is 1. The summed E-state index contributed by atoms with van der Waals surface area (Å²) in [6.45, 7) is 7.58. The Hall–Kier alpha value is -0.890. The lowest BCUT2D eigenvalue weighted by molar-refractivity contribution is 0.141. The van der Waals surface area contributed by atoms with E-state index in [1.165, 1.54) is 31.2 Å². The number of hydrogen-bond acceptors (Lipinski definition) is 3. The highest BCUT2D eigenvalue weighted by atomic mass is 127. The Kier molecular flexibility index (Phi) is 11.1. The molecule has 148 valence electrons. The van der Waals surface area contributed by atoms with E-state index >= 15 is 0 Å². The average molecular weight is 474 g/mol. The zero-order chi connectivity index (χ0) is 18.0. The minimum absolute atomic E-state index is 0. The van der Waals surface area contributed by atoms with Crippen molar-refractivity contribution in [3.8, 4) is 0 Å². The van der Waals surface area contributed by atoms with Crippen LogP contribution in [0.4, 0.5) is 0 Å². The topological polar surface area (TPSA) is 58.5 Å². The number of pyridine rings is 1. The summed E-state index contributed by atoms with van der Waals surface area (Å²) in [5, 5.41) is 6.83. The van der Waals surface area contributed by atoms with Gasteiger partial charge in [-0.3, -0.25) is 9.98 Å². The quantitative estimate of drug-likeness (QED) is 0.326. The van der Waals surface area contributed by atoms with E-state index < -0.39 is 0 Å². The molecule has 0 bridgehead atoms. The number of nitrogens with zero attached hydrogens (tertiary/aromatic N) is 2. The number of aliphatic imine (C=N–C) groups is 1. The van der Waals surface area contributed by atoms with Gasteiger partial charge in [0.2, 0.25) is 0 Å². The normalized spacial score (nSPS) is 16.2. The van der Waals surface area contributed by atoms with E-state index in [0.717, 1.165) is 50.7 Å². The van der Waals surface area contributed by atoms with Gasteiger partial charge in [-0.05, 0) is 56.6 Å². The van der Waals surface area contributed by atoms with Crippen LogP contribution in [0.25, 0.3) is 0 Å². The largest absolute Gasteiger partial charge is 0.385 e. The molecule has 26 heavy (non-hydrogen) atoms. The van der Waals surface area contributed by atoms with Gasteiger partial charge in [0.1, 0.15) is 0 Å². The van der Waals surface area contributed by atoms with E-state index in [0.29, 0.717) is 5.41 Å². The van der Waals surface area contributed by atoms with Crippen LogP contribution in [0.2, 0.25) is 0 Å². The summed E-state index contributed by atoms with van der Waals surface area (Å²) >= 11 is 0. The van der Waals surface area contributed by atoms with Crippen molar-refractivity contribution in [2.24, 2.45) is 10.4 Å². The molecule has 0 saturated heterocycles. The van der Waals surface area contributed by atoms with E-state index in [9.17, 15) is 0 Å². The van der Waals surface area contributed by atoms with Crippen LogP contribution in [-0.4, -0.2) is 44.3 Å². The molecule has 1 heterocycles. The molecule has 1 aromatic heterocycles. The number of nitrogens with one attached hydrogen (secondary N) is 2. The highest BCUT2D eigenvalue weighted by Crippen LogP contribution is 2.41. The van der Waals surface area contributed by atoms with Crippen LogP contribution in [0.5, 0.6) is 0 Å². The van der Waals surface area contributed by atoms with Crippen LogP contribution >= 0.6 is 24.0 Å². The van der Waals surface area contributed by atoms with Gasteiger partial charge >= 0.3 is 0 Å². The lowest BCUT2D eigenvalue weighted by Gasteiger charge is -2.27. The summed E-state index contributed by atoms with van der Waals surface area (Å²) in [5.74, 6) is 0.922. The van der Waals surface area contributed by atoms with E-state index in [1.54, 1.807) is 7.11 Å². The third-order valence-corrected chi connectivity index (χ3v) is 5.10. The fourth-order valence-electron chi connectivity index (χ4n) is 3.49. The van der Waals surface area contributed by atoms with Crippen molar-refractivity contribution in [2.75, 3.05) is 33.4 Å². The minimum atomic E-state index is 0. The summed E-state index contributed by atoms with van der Waals surface area (Å²) in [7, 11) is 1.79. The predicted molar refractivity (Wildman–Crippen MR) is 119 cm³/mol. The second-order valence-corrected chi connectivity index (χ2v) is 7.13. The van der Waals surface area contributed by atoms with Crippen LogP contribution in [0.1, 0.15) is 50.3 Å². The van der Waals surface area contributed by atoms with Gasteiger partial charge in [-0.1, -0.05) is 18.9 Å². The molecule has 1 aliphatic rings. The molecule has 0 aliphatic heterocycles. The smallest absolute Gasteiger partial charge is 0.191 e. The van der Waals surface area contributed by atoms with E-state index in [-0.39, 0.29) is 24.0 Å². The highest BCUT2D eigenvalue weighted by molar-refractivity contribution is 14.0. The molecule has 0 radical (unpaired) electrons. The first kappa shape index (κ1) is 23.1. The Morgan fingerprint density at radius 2 is 2.04 bits per heavy atom. The number of aromatic nitrogens is 1. The van der Waals surface area contributed by atoms with Gasteiger partial charge in [-0.25, -0.2) is 0 Å². The third kappa shape index (κ3) is 7.78. The van der Waals surface area contributed by atoms with Gasteiger partial charge in [-0.15, -0.1) is 24.0 Å². The summed E-state index contributed by atoms with van der Waals surface area (Å²) in [6.07, 6.45) is 9.21. The molecular weight excluding hydrogens is 439 g/mol. The van der Waals surface area contributed by atoms with Gasteiger partial charge in [0.25, 0.3) is 0 Å². The fourth-order valence-corrected chi connectivity index (χ4v) is 3.49. The number of aryl methyl sites for hydroxylation is 1. The maximum absolute atomic E-state index is 5.32. The van der Waals surface area contributed by atoms with Crippen LogP contribution in [0, 0.1) is 12.3 Å². The van der Waals surface area contributed by atoms with Crippen LogP contribution in [0.15, 0.2) is 23.3 Å². The summed E-state index contributed by atoms with van der Waals surface area (Å²) < 4.78 is 5.32. The molecule has 1 aliphatic carbocycles. The van der Waals surface area contributed by atoms with Gasteiger partial charge in [-0.2, -0.15) is 0 Å². The first-order valence-corrected chi connectivity index (χ1v) is 9.60. The molecule has 5 nitrogen and oxygen atoms in total. The Morgan fingerprint density at radius 1 is 1.27 bits per heavy atom. The van der Waals surface area contributed by atoms with E-state index in [1.807, 2.05) is 13.1 Å². The number of hydrogen-bond donors (Lipinski definition) is 2. The van der Waals surface area contributed by atoms with Gasteiger partial charge in [0.05, 0.1) is 0 Å². The molecule has 0 atom stereocenters. The van der Waals surface area contributed by atoms with E-state index in [2.05, 4.69) is 34.7 Å². The first-order chi connectivity index (χ1) is 12.2. The van der Waals surface area contributed by atoms with Crippen molar-refractivity contribution in [3.05, 3.63) is 29.6 Å². The Morgan fingerprint density at radius 3 is 2.65 bits per heavy atom. The number of halogens is 1. The van der Waals surface area contributed by atoms with E-state index in [4.69, 9.17) is 9.73 Å². The van der Waals surface area contributed by atoms with Crippen LogP contribution in [0.3, 0.4) is 0 Å². The zero-order valence-electron chi connectivity index (χ0n) is 16.5. The molecule has 1 fully saturated rings. The second kappa shape index (κ2) is 12.5. The van der Waals surface area contributed by atoms with Crippen molar-refractivity contribution in [2.45, 2.75) is 52.4 Å². The fraction of sp³-hybridized carbons (Fsp3) is 0.700. The van der Waals surface area contributed by atoms with Crippen molar-refractivity contribution >= 4 is 29.9 Å². The summed E-state index contributed by atoms with van der Waals surface area (Å²) in [6, 6.07) is 4.21. The van der Waals surface area contributed by atoms with Crippen LogP contribution in [-0.2, 0) is 11.2 Å². The first-order valence-electron chi connectivity index (χ1n) is 9.60. The van der Waals surface area contributed by atoms with Crippen molar-refractivity contribution in [3.63, 3.8) is 0 Å². The molecule has 1 saturated carbocycles. The number of ether oxygens (including phenoxy) is 1. The average Bonchev–Trinajstić information content (AvgIpc) is 3.09. The number of rotatable bonds is 9. The second-order valence-electron chi connectivity index (χ2n) is 7.13. The summed E-state index contributed by atoms with van der Waals surface area (Å²) in [5.41, 5.74) is 2.64. The standard InChI is InChI=1S/C20H34N4O.HI/c1-4-21-19(22-13-9-18-8-7-17(2)23-15-18)24-16-20(12-14-25-3)10-5-6-11-20;/h7-8,15H,4-6,9-14,16H2,1-3H3,(H2,21,22,24);1H. The number of guanidine groups is 1. The monoisotopic (exact) mass is 474 g/mol. The van der Waals surface area contributed by atoms with Crippen molar-refractivity contribution < 1.29 is 4.74 Å². The van der Waals surface area contributed by atoms with Crippen molar-refractivity contribution in [1.82, 2.24) is 15.6 Å². The SMILES string of the molecule is CCNC(=NCC1(CCOC)CCCC1)NCCc1ccc(C)nc1.I. The molecule has 2 rings (SSSR count). The Labute approximate surface area is 175 Å². The predicted octanol–water partition coefficient (Wildman–Crippen LogP) is 3.70. The Balaban J connectivity index is 0.00000338. The van der Waals surface area contributed by atoms with Crippen LogP contribution < -0.4 is 10.6 Å². The molecule has 2 N–H and O–H groups in total. The lowest BCUT2D eigenvalue weighted by Crippen LogP contribution is -2.39. The maximum atomic E-state index is 5.32. The highest BCUT2D eigenvalue weighted by Gasteiger charge is 2.33. The molecule has 0 spiro atoms. The van der Waals surface area contributed by atoms with Gasteiger partial charge in [0, 0.05) is 45.2 Å². The maximum Gasteiger partial charge on any atom is 0.191 e.